The van der Waals surface area contributed by atoms with Crippen molar-refractivity contribution < 1.29 is 19.3 Å². The zero-order valence-corrected chi connectivity index (χ0v) is 10.7. The molecule has 1 atom stereocenters. The second-order valence-corrected chi connectivity index (χ2v) is 3.37. The lowest BCUT2D eigenvalue weighted by Crippen LogP contribution is -2.22. The fourth-order valence-corrected chi connectivity index (χ4v) is 1.19. The smallest absolute Gasteiger partial charge is 0.216 e. The molecule has 0 aliphatic carbocycles. The summed E-state index contributed by atoms with van der Waals surface area (Å²) < 4.78 is 16.3. The Labute approximate surface area is 98.2 Å². The van der Waals surface area contributed by atoms with Gasteiger partial charge >= 0.3 is 0 Å². The standard InChI is InChI=1S/C12H24O4/c1-5-14-11(9-8-10(4)13)12(15-6-2)16-7-3/h9-10,12-13H,5-8H2,1-4H3/b11-9-. The van der Waals surface area contributed by atoms with Crippen LogP contribution in [0, 0.1) is 0 Å². The third-order valence-corrected chi connectivity index (χ3v) is 1.84. The van der Waals surface area contributed by atoms with E-state index in [-0.39, 0.29) is 6.10 Å². The second kappa shape index (κ2) is 9.63. The van der Waals surface area contributed by atoms with Crippen molar-refractivity contribution in [3.8, 4) is 0 Å². The maximum absolute atomic E-state index is 9.23. The van der Waals surface area contributed by atoms with E-state index in [1.165, 1.54) is 0 Å². The van der Waals surface area contributed by atoms with Gasteiger partial charge in [0.1, 0.15) is 5.76 Å². The van der Waals surface area contributed by atoms with Crippen molar-refractivity contribution in [3.05, 3.63) is 11.8 Å². The van der Waals surface area contributed by atoms with Crippen molar-refractivity contribution in [1.29, 1.82) is 0 Å². The molecule has 1 unspecified atom stereocenters. The van der Waals surface area contributed by atoms with Crippen LogP contribution in [0.5, 0.6) is 0 Å². The number of ether oxygens (including phenoxy) is 3. The van der Waals surface area contributed by atoms with Crippen molar-refractivity contribution in [2.45, 2.75) is 46.5 Å². The number of hydrogen-bond acceptors (Lipinski definition) is 4. The quantitative estimate of drug-likeness (QED) is 0.488. The van der Waals surface area contributed by atoms with Gasteiger partial charge in [0.25, 0.3) is 0 Å². The van der Waals surface area contributed by atoms with Crippen LogP contribution in [0.25, 0.3) is 0 Å². The Morgan fingerprint density at radius 3 is 2.06 bits per heavy atom. The van der Waals surface area contributed by atoms with E-state index in [4.69, 9.17) is 14.2 Å². The summed E-state index contributed by atoms with van der Waals surface area (Å²) in [7, 11) is 0. The summed E-state index contributed by atoms with van der Waals surface area (Å²) in [6, 6.07) is 0. The SMILES string of the molecule is CCO/C(=C\CC(C)O)C(OCC)OCC. The zero-order chi connectivity index (χ0) is 12.4. The fourth-order valence-electron chi connectivity index (χ4n) is 1.19. The van der Waals surface area contributed by atoms with Gasteiger partial charge in [0.2, 0.25) is 6.29 Å². The topological polar surface area (TPSA) is 47.9 Å². The van der Waals surface area contributed by atoms with Gasteiger partial charge in [0, 0.05) is 13.2 Å². The van der Waals surface area contributed by atoms with Crippen molar-refractivity contribution >= 4 is 0 Å². The minimum Gasteiger partial charge on any atom is -0.493 e. The van der Waals surface area contributed by atoms with Crippen molar-refractivity contribution in [2.75, 3.05) is 19.8 Å². The summed E-state index contributed by atoms with van der Waals surface area (Å²) in [4.78, 5) is 0. The lowest BCUT2D eigenvalue weighted by atomic mass is 10.2. The van der Waals surface area contributed by atoms with Crippen LogP contribution in [0.4, 0.5) is 0 Å². The van der Waals surface area contributed by atoms with Crippen LogP contribution in [-0.4, -0.2) is 37.3 Å². The first kappa shape index (κ1) is 15.4. The monoisotopic (exact) mass is 232 g/mol. The van der Waals surface area contributed by atoms with E-state index in [9.17, 15) is 5.11 Å². The predicted molar refractivity (Wildman–Crippen MR) is 63.0 cm³/mol. The van der Waals surface area contributed by atoms with E-state index in [1.54, 1.807) is 6.92 Å². The Kier molecular flexibility index (Phi) is 9.28. The fraction of sp³-hybridized carbons (Fsp3) is 0.833. The second-order valence-electron chi connectivity index (χ2n) is 3.37. The van der Waals surface area contributed by atoms with E-state index in [1.807, 2.05) is 26.8 Å². The molecule has 4 nitrogen and oxygen atoms in total. The number of hydrogen-bond donors (Lipinski definition) is 1. The number of aliphatic hydroxyl groups is 1. The number of rotatable bonds is 9. The van der Waals surface area contributed by atoms with Crippen molar-refractivity contribution in [2.24, 2.45) is 0 Å². The molecule has 0 aliphatic rings. The Balaban J connectivity index is 4.47. The highest BCUT2D eigenvalue weighted by Crippen LogP contribution is 2.12. The van der Waals surface area contributed by atoms with Crippen LogP contribution in [0.15, 0.2) is 11.8 Å². The summed E-state index contributed by atoms with van der Waals surface area (Å²) in [5.74, 6) is 0.645. The third kappa shape index (κ3) is 6.82. The maximum Gasteiger partial charge on any atom is 0.216 e. The summed E-state index contributed by atoms with van der Waals surface area (Å²) >= 11 is 0. The Morgan fingerprint density at radius 1 is 1.12 bits per heavy atom. The van der Waals surface area contributed by atoms with Crippen molar-refractivity contribution in [3.63, 3.8) is 0 Å². The average Bonchev–Trinajstić information content (AvgIpc) is 2.24. The van der Waals surface area contributed by atoms with E-state index in [2.05, 4.69) is 0 Å². The van der Waals surface area contributed by atoms with Crippen LogP contribution in [-0.2, 0) is 14.2 Å². The molecule has 0 fully saturated rings. The summed E-state index contributed by atoms with van der Waals surface area (Å²) in [5, 5.41) is 9.23. The van der Waals surface area contributed by atoms with E-state index >= 15 is 0 Å². The van der Waals surface area contributed by atoms with Gasteiger partial charge in [0.05, 0.1) is 12.7 Å². The maximum atomic E-state index is 9.23. The molecule has 0 saturated heterocycles. The molecule has 0 aromatic carbocycles. The highest BCUT2D eigenvalue weighted by Gasteiger charge is 2.15. The van der Waals surface area contributed by atoms with Crippen LogP contribution < -0.4 is 0 Å². The molecule has 0 bridgehead atoms. The van der Waals surface area contributed by atoms with Gasteiger partial charge < -0.3 is 19.3 Å². The van der Waals surface area contributed by atoms with Crippen molar-refractivity contribution in [1.82, 2.24) is 0 Å². The van der Waals surface area contributed by atoms with Gasteiger partial charge in [-0.1, -0.05) is 0 Å². The largest absolute Gasteiger partial charge is 0.493 e. The minimum atomic E-state index is -0.464. The van der Waals surface area contributed by atoms with Gasteiger partial charge in [-0.2, -0.15) is 0 Å². The molecular weight excluding hydrogens is 208 g/mol. The molecule has 16 heavy (non-hydrogen) atoms. The minimum absolute atomic E-state index is 0.389. The van der Waals surface area contributed by atoms with Gasteiger partial charge in [0.15, 0.2) is 0 Å². The average molecular weight is 232 g/mol. The Bertz CT molecular complexity index is 183. The molecule has 0 amide bonds. The molecule has 0 aliphatic heterocycles. The molecule has 0 rings (SSSR count). The molecular formula is C12H24O4. The lowest BCUT2D eigenvalue weighted by molar-refractivity contribution is -0.136. The molecule has 1 N–H and O–H groups in total. The first-order valence-electron chi connectivity index (χ1n) is 5.89. The van der Waals surface area contributed by atoms with Gasteiger partial charge in [-0.05, 0) is 40.2 Å². The first-order valence-corrected chi connectivity index (χ1v) is 5.89. The highest BCUT2D eigenvalue weighted by atomic mass is 16.7. The van der Waals surface area contributed by atoms with Gasteiger partial charge in [-0.25, -0.2) is 0 Å². The normalized spacial score (nSPS) is 14.2. The molecule has 0 radical (unpaired) electrons. The van der Waals surface area contributed by atoms with Gasteiger partial charge in [-0.3, -0.25) is 0 Å². The van der Waals surface area contributed by atoms with Crippen LogP contribution in [0.2, 0.25) is 0 Å². The number of aliphatic hydroxyl groups excluding tert-OH is 1. The molecule has 0 aromatic rings. The summed E-state index contributed by atoms with van der Waals surface area (Å²) in [6.45, 7) is 9.13. The molecule has 0 spiro atoms. The summed E-state index contributed by atoms with van der Waals surface area (Å²) in [6.07, 6.45) is 1.50. The lowest BCUT2D eigenvalue weighted by Gasteiger charge is -2.20. The Morgan fingerprint density at radius 2 is 1.69 bits per heavy atom. The predicted octanol–water partition coefficient (Wildman–Crippen LogP) is 2.08. The van der Waals surface area contributed by atoms with Gasteiger partial charge in [-0.15, -0.1) is 0 Å². The van der Waals surface area contributed by atoms with Crippen LogP contribution in [0.3, 0.4) is 0 Å². The Hall–Kier alpha value is -0.580. The molecule has 0 aromatic heterocycles. The van der Waals surface area contributed by atoms with E-state index < -0.39 is 6.29 Å². The summed E-state index contributed by atoms with van der Waals surface area (Å²) in [5.41, 5.74) is 0. The molecule has 96 valence electrons. The molecule has 0 heterocycles. The van der Waals surface area contributed by atoms with Crippen LogP contribution >= 0.6 is 0 Å². The highest BCUT2D eigenvalue weighted by molar-refractivity contribution is 4.98. The van der Waals surface area contributed by atoms with Crippen LogP contribution in [0.1, 0.15) is 34.1 Å². The zero-order valence-electron chi connectivity index (χ0n) is 10.7. The molecule has 0 saturated carbocycles. The van der Waals surface area contributed by atoms with E-state index in [0.717, 1.165) is 0 Å². The first-order chi connectivity index (χ1) is 7.65. The van der Waals surface area contributed by atoms with E-state index in [0.29, 0.717) is 32.0 Å². The third-order valence-electron chi connectivity index (χ3n) is 1.84. The molecule has 4 heteroatoms.